The molecule has 0 bridgehead atoms. The van der Waals surface area contributed by atoms with Gasteiger partial charge in [-0.05, 0) is 18.3 Å². The second-order valence-electron chi connectivity index (χ2n) is 4.07. The van der Waals surface area contributed by atoms with Gasteiger partial charge in [-0.15, -0.1) is 0 Å². The van der Waals surface area contributed by atoms with Gasteiger partial charge >= 0.3 is 0 Å². The number of rotatable bonds is 5. The van der Waals surface area contributed by atoms with Crippen LogP contribution in [0.3, 0.4) is 0 Å². The van der Waals surface area contributed by atoms with Gasteiger partial charge in [0.25, 0.3) is 0 Å². The molecule has 0 fully saturated rings. The lowest BCUT2D eigenvalue weighted by molar-refractivity contribution is -0.127. The van der Waals surface area contributed by atoms with Gasteiger partial charge in [-0.2, -0.15) is 5.53 Å². The number of nitrogens with zero attached hydrogens (tertiary/aromatic N) is 1. The van der Waals surface area contributed by atoms with Crippen LogP contribution < -0.4 is 5.43 Å². The Bertz CT molecular complexity index is 178. The van der Waals surface area contributed by atoms with E-state index in [1.165, 1.54) is 0 Å². The monoisotopic (exact) mass is 185 g/mol. The van der Waals surface area contributed by atoms with Crippen LogP contribution in [0.15, 0.2) is 5.22 Å². The maximum atomic E-state index is 11.4. The van der Waals surface area contributed by atoms with Crippen molar-refractivity contribution < 1.29 is 4.79 Å². The molecule has 0 aliphatic carbocycles. The van der Waals surface area contributed by atoms with Gasteiger partial charge in [0, 0.05) is 5.92 Å². The van der Waals surface area contributed by atoms with Gasteiger partial charge in [0.05, 0.1) is 0 Å². The first-order valence-electron chi connectivity index (χ1n) is 4.65. The molecular formula is C9H19N3O. The van der Waals surface area contributed by atoms with Crippen molar-refractivity contribution in [3.05, 3.63) is 0 Å². The highest BCUT2D eigenvalue weighted by Crippen LogP contribution is 2.20. The minimum absolute atomic E-state index is 0.0332. The normalized spacial score (nSPS) is 13.1. The van der Waals surface area contributed by atoms with Crippen LogP contribution in [0.2, 0.25) is 0 Å². The first kappa shape index (κ1) is 12.1. The van der Waals surface area contributed by atoms with Crippen molar-refractivity contribution in [1.82, 2.24) is 5.43 Å². The Morgan fingerprint density at radius 3 is 2.23 bits per heavy atom. The van der Waals surface area contributed by atoms with Gasteiger partial charge in [-0.3, -0.25) is 4.79 Å². The van der Waals surface area contributed by atoms with Crippen molar-refractivity contribution in [3.63, 3.8) is 0 Å². The largest absolute Gasteiger partial charge is 0.273 e. The van der Waals surface area contributed by atoms with Gasteiger partial charge in [0.1, 0.15) is 0 Å². The fraction of sp³-hybridized carbons (Fsp3) is 0.889. The van der Waals surface area contributed by atoms with E-state index in [9.17, 15) is 4.79 Å². The van der Waals surface area contributed by atoms with Crippen LogP contribution in [0.25, 0.3) is 0 Å². The molecule has 76 valence electrons. The van der Waals surface area contributed by atoms with E-state index in [1.54, 1.807) is 0 Å². The molecule has 0 aromatic carbocycles. The number of carbonyl (C=O) groups excluding carboxylic acids is 1. The van der Waals surface area contributed by atoms with Gasteiger partial charge in [-0.25, -0.2) is 5.43 Å². The Labute approximate surface area is 79.6 Å². The van der Waals surface area contributed by atoms with Crippen LogP contribution in [0.1, 0.15) is 34.1 Å². The third-order valence-corrected chi connectivity index (χ3v) is 2.03. The second kappa shape index (κ2) is 5.67. The highest BCUT2D eigenvalue weighted by Gasteiger charge is 2.22. The Balaban J connectivity index is 4.23. The molecule has 0 aliphatic rings. The summed E-state index contributed by atoms with van der Waals surface area (Å²) in [4.78, 5) is 11.4. The molecule has 0 rings (SSSR count). The molecule has 0 radical (unpaired) electrons. The van der Waals surface area contributed by atoms with Crippen LogP contribution in [0, 0.1) is 23.3 Å². The molecule has 0 aromatic rings. The minimum Gasteiger partial charge on any atom is -0.273 e. The fourth-order valence-corrected chi connectivity index (χ4v) is 1.33. The molecule has 1 amide bonds. The molecule has 1 atom stereocenters. The van der Waals surface area contributed by atoms with E-state index in [-0.39, 0.29) is 11.8 Å². The van der Waals surface area contributed by atoms with E-state index in [0.717, 1.165) is 6.42 Å². The van der Waals surface area contributed by atoms with E-state index in [1.807, 2.05) is 13.8 Å². The van der Waals surface area contributed by atoms with E-state index < -0.39 is 0 Å². The highest BCUT2D eigenvalue weighted by atomic mass is 16.2. The number of amides is 1. The van der Waals surface area contributed by atoms with Crippen LogP contribution >= 0.6 is 0 Å². The molecular weight excluding hydrogens is 166 g/mol. The van der Waals surface area contributed by atoms with Crippen LogP contribution in [-0.4, -0.2) is 5.91 Å². The number of nitrogens with one attached hydrogen (secondary N) is 2. The average Bonchev–Trinajstić information content (AvgIpc) is 1.99. The fourth-order valence-electron chi connectivity index (χ4n) is 1.33. The van der Waals surface area contributed by atoms with E-state index >= 15 is 0 Å². The Morgan fingerprint density at radius 2 is 1.92 bits per heavy atom. The molecule has 0 saturated carbocycles. The Kier molecular flexibility index (Phi) is 5.26. The lowest BCUT2D eigenvalue weighted by atomic mass is 9.87. The maximum Gasteiger partial charge on any atom is 0.244 e. The number of hydrogen-bond donors (Lipinski definition) is 2. The third-order valence-electron chi connectivity index (χ3n) is 2.03. The molecule has 4 nitrogen and oxygen atoms in total. The molecule has 0 spiro atoms. The Morgan fingerprint density at radius 1 is 1.38 bits per heavy atom. The summed E-state index contributed by atoms with van der Waals surface area (Å²) in [6, 6.07) is 0. The molecule has 0 heterocycles. The van der Waals surface area contributed by atoms with Gasteiger partial charge in [0.2, 0.25) is 5.91 Å². The van der Waals surface area contributed by atoms with Gasteiger partial charge in [-0.1, -0.05) is 32.9 Å². The Hall–Kier alpha value is -0.930. The average molecular weight is 185 g/mol. The topological polar surface area (TPSA) is 65.3 Å². The summed E-state index contributed by atoms with van der Waals surface area (Å²) in [5, 5.41) is 2.90. The summed E-state index contributed by atoms with van der Waals surface area (Å²) >= 11 is 0. The first-order chi connectivity index (χ1) is 5.99. The quantitative estimate of drug-likeness (QED) is 0.501. The van der Waals surface area contributed by atoms with Crippen molar-refractivity contribution in [2.24, 2.45) is 23.0 Å². The smallest absolute Gasteiger partial charge is 0.244 e. The summed E-state index contributed by atoms with van der Waals surface area (Å²) in [5.41, 5.74) is 8.73. The van der Waals surface area contributed by atoms with Crippen molar-refractivity contribution in [2.45, 2.75) is 34.1 Å². The SMILES string of the molecule is CC(C)CC(C(=O)NN=N)C(C)C. The maximum absolute atomic E-state index is 11.4. The number of hydrogen-bond acceptors (Lipinski definition) is 3. The summed E-state index contributed by atoms with van der Waals surface area (Å²) in [6.45, 7) is 8.19. The van der Waals surface area contributed by atoms with E-state index in [2.05, 4.69) is 24.5 Å². The number of carbonyl (C=O) groups is 1. The molecule has 0 saturated heterocycles. The lowest BCUT2D eigenvalue weighted by Gasteiger charge is -2.20. The summed E-state index contributed by atoms with van der Waals surface area (Å²) in [5.74, 6) is 0.612. The zero-order chi connectivity index (χ0) is 10.4. The van der Waals surface area contributed by atoms with Crippen LogP contribution in [0.4, 0.5) is 0 Å². The zero-order valence-corrected chi connectivity index (χ0v) is 8.79. The summed E-state index contributed by atoms with van der Waals surface area (Å²) in [7, 11) is 0. The second-order valence-corrected chi connectivity index (χ2v) is 4.07. The molecule has 2 N–H and O–H groups in total. The predicted octanol–water partition coefficient (Wildman–Crippen LogP) is 2.37. The van der Waals surface area contributed by atoms with Gasteiger partial charge < -0.3 is 0 Å². The van der Waals surface area contributed by atoms with E-state index in [0.29, 0.717) is 11.8 Å². The van der Waals surface area contributed by atoms with Crippen LogP contribution in [-0.2, 0) is 4.79 Å². The summed E-state index contributed by atoms with van der Waals surface area (Å²) in [6.07, 6.45) is 0.846. The lowest BCUT2D eigenvalue weighted by Crippen LogP contribution is -2.30. The molecule has 0 aromatic heterocycles. The minimum atomic E-state index is -0.140. The predicted molar refractivity (Wildman–Crippen MR) is 51.1 cm³/mol. The van der Waals surface area contributed by atoms with E-state index in [4.69, 9.17) is 5.53 Å². The standard InChI is InChI=1S/C9H19N3O/c1-6(2)5-8(7(3)4)9(13)11-12-10/h6-8H,5H2,1-4H3,(H2,10,11,13). The van der Waals surface area contributed by atoms with Crippen molar-refractivity contribution in [2.75, 3.05) is 0 Å². The van der Waals surface area contributed by atoms with Gasteiger partial charge in [0.15, 0.2) is 0 Å². The van der Waals surface area contributed by atoms with Crippen molar-refractivity contribution >= 4 is 5.91 Å². The first-order valence-corrected chi connectivity index (χ1v) is 4.65. The molecule has 0 aliphatic heterocycles. The highest BCUT2D eigenvalue weighted by molar-refractivity contribution is 5.78. The molecule has 13 heavy (non-hydrogen) atoms. The molecule has 1 unspecified atom stereocenters. The zero-order valence-electron chi connectivity index (χ0n) is 8.79. The summed E-state index contributed by atoms with van der Waals surface area (Å²) < 4.78 is 0. The molecule has 4 heteroatoms. The van der Waals surface area contributed by atoms with Crippen molar-refractivity contribution in [1.29, 1.82) is 5.53 Å². The van der Waals surface area contributed by atoms with Crippen LogP contribution in [0.5, 0.6) is 0 Å². The third kappa shape index (κ3) is 4.60. The van der Waals surface area contributed by atoms with Crippen molar-refractivity contribution in [3.8, 4) is 0 Å².